The highest BCUT2D eigenvalue weighted by Crippen LogP contribution is 2.29. The van der Waals surface area contributed by atoms with Gasteiger partial charge in [0.2, 0.25) is 0 Å². The van der Waals surface area contributed by atoms with E-state index in [0.717, 1.165) is 16.2 Å². The molecule has 5 heteroatoms. The van der Waals surface area contributed by atoms with Gasteiger partial charge in [-0.3, -0.25) is 4.98 Å². The summed E-state index contributed by atoms with van der Waals surface area (Å²) >= 11 is 3.29. The molecule has 0 aliphatic carbocycles. The Bertz CT molecular complexity index is 595. The van der Waals surface area contributed by atoms with Crippen LogP contribution in [0.15, 0.2) is 22.8 Å². The van der Waals surface area contributed by atoms with Crippen LogP contribution in [0.3, 0.4) is 0 Å². The third-order valence-corrected chi connectivity index (χ3v) is 2.78. The lowest BCUT2D eigenvalue weighted by Crippen LogP contribution is -2.00. The highest BCUT2D eigenvalue weighted by molar-refractivity contribution is 9.10. The van der Waals surface area contributed by atoms with E-state index >= 15 is 0 Å². The Labute approximate surface area is 99.7 Å². The number of carboxylic acids is 1. The number of pyridine rings is 1. The second-order valence-corrected chi connectivity index (χ2v) is 4.36. The van der Waals surface area contributed by atoms with Crippen LogP contribution in [-0.2, 0) is 0 Å². The molecule has 0 saturated heterocycles. The van der Waals surface area contributed by atoms with Gasteiger partial charge in [0, 0.05) is 9.86 Å². The number of hydrogen-bond donors (Lipinski definition) is 2. The first-order valence-electron chi connectivity index (χ1n) is 4.52. The predicted octanol–water partition coefficient (Wildman–Crippen LogP) is 2.71. The lowest BCUT2D eigenvalue weighted by atomic mass is 10.1. The fourth-order valence-electron chi connectivity index (χ4n) is 1.65. The largest absolute Gasteiger partial charge is 0.505 e. The van der Waals surface area contributed by atoms with E-state index in [2.05, 4.69) is 20.9 Å². The van der Waals surface area contributed by atoms with Crippen LogP contribution in [0.1, 0.15) is 15.9 Å². The standard InChI is InChI=1S/C11H8BrNO3/c1-5-2-6(12)3-7-9(11(15)16)8(14)4-13-10(5)7/h2-4,14H,1H3,(H,15,16). The summed E-state index contributed by atoms with van der Waals surface area (Å²) in [6, 6.07) is 3.48. The van der Waals surface area contributed by atoms with Gasteiger partial charge in [0.1, 0.15) is 11.3 Å². The monoisotopic (exact) mass is 281 g/mol. The van der Waals surface area contributed by atoms with E-state index < -0.39 is 5.97 Å². The van der Waals surface area contributed by atoms with Crippen molar-refractivity contribution in [2.75, 3.05) is 0 Å². The van der Waals surface area contributed by atoms with Crippen LogP contribution in [0.5, 0.6) is 5.75 Å². The molecule has 0 atom stereocenters. The van der Waals surface area contributed by atoms with Crippen molar-refractivity contribution in [3.8, 4) is 5.75 Å². The SMILES string of the molecule is Cc1cc(Br)cc2c(C(=O)O)c(O)cnc12. The highest BCUT2D eigenvalue weighted by Gasteiger charge is 2.16. The Morgan fingerprint density at radius 2 is 2.12 bits per heavy atom. The van der Waals surface area contributed by atoms with Gasteiger partial charge < -0.3 is 10.2 Å². The average Bonchev–Trinajstić information content (AvgIpc) is 2.15. The molecule has 1 aromatic carbocycles. The highest BCUT2D eigenvalue weighted by atomic mass is 79.9. The van der Waals surface area contributed by atoms with Gasteiger partial charge in [0.05, 0.1) is 11.7 Å². The van der Waals surface area contributed by atoms with Crippen LogP contribution in [0, 0.1) is 6.92 Å². The Morgan fingerprint density at radius 3 is 2.75 bits per heavy atom. The van der Waals surface area contributed by atoms with Crippen molar-refractivity contribution in [1.82, 2.24) is 4.98 Å². The molecule has 16 heavy (non-hydrogen) atoms. The van der Waals surface area contributed by atoms with Crippen LogP contribution in [0.25, 0.3) is 10.9 Å². The van der Waals surface area contributed by atoms with Crippen molar-refractivity contribution >= 4 is 32.8 Å². The minimum atomic E-state index is -1.16. The number of halogens is 1. The molecule has 0 amide bonds. The summed E-state index contributed by atoms with van der Waals surface area (Å²) in [5, 5.41) is 19.0. The van der Waals surface area contributed by atoms with E-state index in [1.807, 2.05) is 13.0 Å². The molecule has 82 valence electrons. The number of hydrogen-bond acceptors (Lipinski definition) is 3. The molecular weight excluding hydrogens is 274 g/mol. The van der Waals surface area contributed by atoms with Crippen LogP contribution >= 0.6 is 15.9 Å². The van der Waals surface area contributed by atoms with Crippen molar-refractivity contribution in [3.63, 3.8) is 0 Å². The molecular formula is C11H8BrNO3. The first kappa shape index (κ1) is 10.9. The number of carboxylic acid groups (broad SMARTS) is 1. The summed E-state index contributed by atoms with van der Waals surface area (Å²) in [6.45, 7) is 1.84. The molecule has 0 aliphatic heterocycles. The number of aromatic carboxylic acids is 1. The lowest BCUT2D eigenvalue weighted by Gasteiger charge is -2.07. The van der Waals surface area contributed by atoms with Crippen LogP contribution in [-0.4, -0.2) is 21.2 Å². The van der Waals surface area contributed by atoms with Crippen LogP contribution < -0.4 is 0 Å². The second kappa shape index (κ2) is 3.75. The van der Waals surface area contributed by atoms with Gasteiger partial charge in [-0.2, -0.15) is 0 Å². The maximum absolute atomic E-state index is 11.1. The van der Waals surface area contributed by atoms with E-state index in [0.29, 0.717) is 10.9 Å². The van der Waals surface area contributed by atoms with Gasteiger partial charge in [-0.25, -0.2) is 4.79 Å². The summed E-state index contributed by atoms with van der Waals surface area (Å²) in [5.74, 6) is -1.49. The van der Waals surface area contributed by atoms with Crippen molar-refractivity contribution in [1.29, 1.82) is 0 Å². The number of aromatic nitrogens is 1. The van der Waals surface area contributed by atoms with Gasteiger partial charge in [0.25, 0.3) is 0 Å². The third-order valence-electron chi connectivity index (χ3n) is 2.32. The number of aromatic hydroxyl groups is 1. The molecule has 0 fully saturated rings. The van der Waals surface area contributed by atoms with Crippen molar-refractivity contribution in [3.05, 3.63) is 33.9 Å². The van der Waals surface area contributed by atoms with E-state index in [9.17, 15) is 9.90 Å². The molecule has 0 unspecified atom stereocenters. The zero-order chi connectivity index (χ0) is 11.9. The fourth-order valence-corrected chi connectivity index (χ4v) is 2.22. The average molecular weight is 282 g/mol. The second-order valence-electron chi connectivity index (χ2n) is 3.44. The number of aryl methyl sites for hydroxylation is 1. The van der Waals surface area contributed by atoms with E-state index in [-0.39, 0.29) is 11.3 Å². The van der Waals surface area contributed by atoms with Gasteiger partial charge in [-0.1, -0.05) is 15.9 Å². The summed E-state index contributed by atoms with van der Waals surface area (Å²) in [5.41, 5.74) is 1.32. The topological polar surface area (TPSA) is 70.4 Å². The summed E-state index contributed by atoms with van der Waals surface area (Å²) in [4.78, 5) is 15.1. The minimum Gasteiger partial charge on any atom is -0.505 e. The summed E-state index contributed by atoms with van der Waals surface area (Å²) in [7, 11) is 0. The van der Waals surface area contributed by atoms with Crippen LogP contribution in [0.4, 0.5) is 0 Å². The van der Waals surface area contributed by atoms with E-state index in [1.54, 1.807) is 6.07 Å². The maximum atomic E-state index is 11.1. The van der Waals surface area contributed by atoms with E-state index in [1.165, 1.54) is 0 Å². The van der Waals surface area contributed by atoms with Crippen molar-refractivity contribution in [2.24, 2.45) is 0 Å². The van der Waals surface area contributed by atoms with E-state index in [4.69, 9.17) is 5.11 Å². The number of fused-ring (bicyclic) bond motifs is 1. The molecule has 0 radical (unpaired) electrons. The molecule has 1 aromatic heterocycles. The Hall–Kier alpha value is -1.62. The molecule has 0 saturated carbocycles. The van der Waals surface area contributed by atoms with Gasteiger partial charge in [0.15, 0.2) is 0 Å². The first-order chi connectivity index (χ1) is 7.50. The van der Waals surface area contributed by atoms with Crippen LogP contribution in [0.2, 0.25) is 0 Å². The molecule has 2 rings (SSSR count). The van der Waals surface area contributed by atoms with Crippen molar-refractivity contribution < 1.29 is 15.0 Å². The Kier molecular flexibility index (Phi) is 2.55. The summed E-state index contributed by atoms with van der Waals surface area (Å²) < 4.78 is 0.757. The molecule has 0 aliphatic rings. The number of rotatable bonds is 1. The molecule has 1 heterocycles. The van der Waals surface area contributed by atoms with Crippen molar-refractivity contribution in [2.45, 2.75) is 6.92 Å². The summed E-state index contributed by atoms with van der Waals surface area (Å²) in [6.07, 6.45) is 1.16. The first-order valence-corrected chi connectivity index (χ1v) is 5.31. The third kappa shape index (κ3) is 1.63. The smallest absolute Gasteiger partial charge is 0.340 e. The zero-order valence-corrected chi connectivity index (χ0v) is 9.95. The predicted molar refractivity (Wildman–Crippen MR) is 62.8 cm³/mol. The normalized spacial score (nSPS) is 10.6. The zero-order valence-electron chi connectivity index (χ0n) is 8.36. The lowest BCUT2D eigenvalue weighted by molar-refractivity contribution is 0.0696. The fraction of sp³-hybridized carbons (Fsp3) is 0.0909. The molecule has 4 nitrogen and oxygen atoms in total. The van der Waals surface area contributed by atoms with Gasteiger partial charge >= 0.3 is 5.97 Å². The molecule has 2 aromatic rings. The van der Waals surface area contributed by atoms with Gasteiger partial charge in [-0.05, 0) is 24.6 Å². The Balaban J connectivity index is 2.97. The minimum absolute atomic E-state index is 0.116. The quantitative estimate of drug-likeness (QED) is 0.843. The number of nitrogens with zero attached hydrogens (tertiary/aromatic N) is 1. The molecule has 2 N–H and O–H groups in total. The molecule has 0 bridgehead atoms. The van der Waals surface area contributed by atoms with Gasteiger partial charge in [-0.15, -0.1) is 0 Å². The number of benzene rings is 1. The number of carbonyl (C=O) groups is 1. The molecule has 0 spiro atoms. The maximum Gasteiger partial charge on any atom is 0.340 e. The Morgan fingerprint density at radius 1 is 1.44 bits per heavy atom.